The Kier molecular flexibility index (Phi) is 6.88. The van der Waals surface area contributed by atoms with Crippen LogP contribution in [0.5, 0.6) is 0 Å². The molecule has 1 aromatic heterocycles. The molecule has 0 bridgehead atoms. The second-order valence-electron chi connectivity index (χ2n) is 7.10. The molecular weight excluding hydrogens is 482 g/mol. The minimum absolute atomic E-state index is 0.0326. The first-order valence-corrected chi connectivity index (χ1v) is 13.3. The molecule has 0 aliphatic carbocycles. The molecule has 174 valence electrons. The number of nitrogens with zero attached hydrogens (tertiary/aromatic N) is 1. The maximum absolute atomic E-state index is 12.9. The Labute approximate surface area is 188 Å². The first-order valence-electron chi connectivity index (χ1n) is 9.50. The van der Waals surface area contributed by atoms with Gasteiger partial charge >= 0.3 is 0 Å². The zero-order valence-electron chi connectivity index (χ0n) is 17.1. The van der Waals surface area contributed by atoms with Gasteiger partial charge in [0, 0.05) is 17.2 Å². The van der Waals surface area contributed by atoms with E-state index in [-0.39, 0.29) is 25.6 Å². The van der Waals surface area contributed by atoms with Gasteiger partial charge in [0.2, 0.25) is 0 Å². The SMILES string of the molecule is CCN[C@H]1CC(C)S(=O)(=O)c2sc(S(=O)(=O)NC(=O)c3ccccc3CO[N+](=O)[O-])cc21. The quantitative estimate of drug-likeness (QED) is 0.404. The smallest absolute Gasteiger partial charge is 0.294 e. The number of carbonyl (C=O) groups is 1. The molecule has 0 saturated heterocycles. The Morgan fingerprint density at radius 1 is 1.34 bits per heavy atom. The lowest BCUT2D eigenvalue weighted by Gasteiger charge is -2.27. The number of fused-ring (bicyclic) bond motifs is 1. The first kappa shape index (κ1) is 24.1. The normalized spacial score (nSPS) is 19.7. The van der Waals surface area contributed by atoms with Crippen LogP contribution in [0.3, 0.4) is 0 Å². The molecule has 2 atom stereocenters. The van der Waals surface area contributed by atoms with Crippen molar-refractivity contribution in [1.29, 1.82) is 0 Å². The summed E-state index contributed by atoms with van der Waals surface area (Å²) in [7, 11) is -8.10. The van der Waals surface area contributed by atoms with Gasteiger partial charge in [0.25, 0.3) is 21.0 Å². The second-order valence-corrected chi connectivity index (χ2v) is 12.6. The molecule has 0 spiro atoms. The lowest BCUT2D eigenvalue weighted by Crippen LogP contribution is -2.33. The molecule has 2 aromatic rings. The monoisotopic (exact) mass is 503 g/mol. The summed E-state index contributed by atoms with van der Waals surface area (Å²) in [5.74, 6) is -1.02. The number of amides is 1. The highest BCUT2D eigenvalue weighted by atomic mass is 32.3. The van der Waals surface area contributed by atoms with Gasteiger partial charge < -0.3 is 10.2 Å². The van der Waals surface area contributed by atoms with Crippen molar-refractivity contribution in [2.45, 2.75) is 46.6 Å². The Hall–Kier alpha value is -2.55. The predicted molar refractivity (Wildman–Crippen MR) is 115 cm³/mol. The zero-order valence-corrected chi connectivity index (χ0v) is 19.6. The maximum Gasteiger partial charge on any atom is 0.294 e. The number of sulfonamides is 1. The molecule has 2 N–H and O–H groups in total. The summed E-state index contributed by atoms with van der Waals surface area (Å²) < 4.78 is 52.8. The lowest BCUT2D eigenvalue weighted by molar-refractivity contribution is -0.763. The van der Waals surface area contributed by atoms with Crippen molar-refractivity contribution in [2.75, 3.05) is 6.54 Å². The van der Waals surface area contributed by atoms with Crippen molar-refractivity contribution in [3.8, 4) is 0 Å². The minimum Gasteiger partial charge on any atom is -0.310 e. The van der Waals surface area contributed by atoms with Crippen molar-refractivity contribution in [2.24, 2.45) is 0 Å². The third-order valence-corrected chi connectivity index (χ3v) is 10.7. The van der Waals surface area contributed by atoms with E-state index in [1.165, 1.54) is 30.3 Å². The Morgan fingerprint density at radius 3 is 2.69 bits per heavy atom. The van der Waals surface area contributed by atoms with Crippen LogP contribution in [0.25, 0.3) is 0 Å². The van der Waals surface area contributed by atoms with Crippen LogP contribution >= 0.6 is 11.3 Å². The van der Waals surface area contributed by atoms with E-state index in [9.17, 15) is 31.7 Å². The molecule has 1 aliphatic rings. The molecule has 11 nitrogen and oxygen atoms in total. The third kappa shape index (κ3) is 4.77. The topological polar surface area (TPSA) is 162 Å². The standard InChI is InChI=1S/C18H21N3O8S3/c1-3-19-15-8-11(2)31(25,26)18-14(15)9-16(30-18)32(27,28)20-17(22)13-7-5-4-6-12(13)10-29-21(23)24/h4-7,9,11,15,19H,3,8,10H2,1-2H3,(H,20,22)/t11?,15-/m0/s1. The molecule has 1 amide bonds. The number of carbonyl (C=O) groups excluding carboxylic acids is 1. The summed E-state index contributed by atoms with van der Waals surface area (Å²) in [6, 6.07) is 6.62. The number of rotatable bonds is 8. The van der Waals surface area contributed by atoms with Crippen molar-refractivity contribution < 1.29 is 31.6 Å². The Bertz CT molecular complexity index is 1250. The van der Waals surface area contributed by atoms with Crippen LogP contribution in [-0.2, 0) is 31.3 Å². The fourth-order valence-corrected chi connectivity index (χ4v) is 8.35. The average molecular weight is 504 g/mol. The summed E-state index contributed by atoms with van der Waals surface area (Å²) in [4.78, 5) is 27.4. The van der Waals surface area contributed by atoms with Crippen LogP contribution in [0, 0.1) is 10.1 Å². The number of thiophene rings is 1. The molecule has 1 unspecified atom stereocenters. The fraction of sp³-hybridized carbons (Fsp3) is 0.389. The van der Waals surface area contributed by atoms with Gasteiger partial charge in [0.15, 0.2) is 9.84 Å². The summed E-state index contributed by atoms with van der Waals surface area (Å²) in [5, 5.41) is 11.9. The number of sulfone groups is 1. The molecular formula is C18H21N3O8S3. The van der Waals surface area contributed by atoms with Crippen molar-refractivity contribution >= 4 is 37.1 Å². The second kappa shape index (κ2) is 9.13. The summed E-state index contributed by atoms with van der Waals surface area (Å²) in [6.45, 7) is 3.46. The summed E-state index contributed by atoms with van der Waals surface area (Å²) in [5.41, 5.74) is 0.361. The predicted octanol–water partition coefficient (Wildman–Crippen LogP) is 1.79. The van der Waals surface area contributed by atoms with E-state index in [0.717, 1.165) is 0 Å². The summed E-state index contributed by atoms with van der Waals surface area (Å²) >= 11 is 0.593. The van der Waals surface area contributed by atoms with Crippen LogP contribution in [0.1, 0.15) is 47.8 Å². The molecule has 14 heteroatoms. The van der Waals surface area contributed by atoms with Gasteiger partial charge in [-0.15, -0.1) is 21.5 Å². The molecule has 32 heavy (non-hydrogen) atoms. The number of nitrogens with one attached hydrogen (secondary N) is 2. The van der Waals surface area contributed by atoms with E-state index in [2.05, 4.69) is 10.2 Å². The van der Waals surface area contributed by atoms with E-state index in [1.54, 1.807) is 6.92 Å². The molecule has 0 saturated carbocycles. The highest BCUT2D eigenvalue weighted by molar-refractivity contribution is 7.95. The number of hydrogen-bond donors (Lipinski definition) is 2. The van der Waals surface area contributed by atoms with Gasteiger partial charge in [0.1, 0.15) is 15.0 Å². The zero-order chi connectivity index (χ0) is 23.7. The highest BCUT2D eigenvalue weighted by Gasteiger charge is 2.39. The van der Waals surface area contributed by atoms with E-state index in [0.29, 0.717) is 29.9 Å². The van der Waals surface area contributed by atoms with Crippen LogP contribution < -0.4 is 10.0 Å². The highest BCUT2D eigenvalue weighted by Crippen LogP contribution is 2.42. The fourth-order valence-electron chi connectivity index (χ4n) is 3.39. The van der Waals surface area contributed by atoms with E-state index < -0.39 is 42.7 Å². The van der Waals surface area contributed by atoms with Crippen molar-refractivity contribution in [3.63, 3.8) is 0 Å². The average Bonchev–Trinajstić information content (AvgIpc) is 3.18. The Balaban J connectivity index is 1.93. The van der Waals surface area contributed by atoms with Crippen LogP contribution in [0.2, 0.25) is 0 Å². The number of benzene rings is 1. The first-order chi connectivity index (χ1) is 15.0. The van der Waals surface area contributed by atoms with Gasteiger partial charge in [-0.3, -0.25) is 4.79 Å². The van der Waals surface area contributed by atoms with Gasteiger partial charge in [-0.1, -0.05) is 25.1 Å². The Morgan fingerprint density at radius 2 is 2.03 bits per heavy atom. The van der Waals surface area contributed by atoms with E-state index in [1.807, 2.05) is 11.6 Å². The largest absolute Gasteiger partial charge is 0.310 e. The lowest BCUT2D eigenvalue weighted by atomic mass is 10.1. The van der Waals surface area contributed by atoms with Crippen LogP contribution in [0.4, 0.5) is 0 Å². The van der Waals surface area contributed by atoms with E-state index in [4.69, 9.17) is 0 Å². The van der Waals surface area contributed by atoms with Gasteiger partial charge in [-0.05, 0) is 37.6 Å². The third-order valence-electron chi connectivity index (χ3n) is 4.96. The van der Waals surface area contributed by atoms with Crippen molar-refractivity contribution in [3.05, 3.63) is 57.1 Å². The molecule has 1 aromatic carbocycles. The molecule has 0 fully saturated rings. The molecule has 3 rings (SSSR count). The van der Waals surface area contributed by atoms with Crippen LogP contribution in [0.15, 0.2) is 38.8 Å². The minimum atomic E-state index is -4.40. The summed E-state index contributed by atoms with van der Waals surface area (Å²) in [6.07, 6.45) is 0.301. The van der Waals surface area contributed by atoms with Gasteiger partial charge in [-0.2, -0.15) is 0 Å². The van der Waals surface area contributed by atoms with Gasteiger partial charge in [-0.25, -0.2) is 21.6 Å². The number of hydrogen-bond acceptors (Lipinski definition) is 10. The maximum atomic E-state index is 12.9. The van der Waals surface area contributed by atoms with Crippen LogP contribution in [-0.4, -0.2) is 39.6 Å². The molecule has 1 aliphatic heterocycles. The van der Waals surface area contributed by atoms with E-state index >= 15 is 0 Å². The van der Waals surface area contributed by atoms with Crippen molar-refractivity contribution in [1.82, 2.24) is 10.0 Å². The molecule has 2 heterocycles. The molecule has 0 radical (unpaired) electrons. The van der Waals surface area contributed by atoms with Gasteiger partial charge in [0.05, 0.1) is 5.25 Å².